The van der Waals surface area contributed by atoms with Crippen molar-refractivity contribution in [1.29, 1.82) is 0 Å². The topological polar surface area (TPSA) is 253 Å². The number of phenolic OH excluding ortho intramolecular Hbond substituents is 4. The van der Waals surface area contributed by atoms with Gasteiger partial charge >= 0.3 is 0 Å². The first kappa shape index (κ1) is 104. The molecule has 654 valence electrons. The molecular formula is C105H135BN9O8Y. The first-order valence-corrected chi connectivity index (χ1v) is 42.8. The number of aromatic nitrogens is 9. The van der Waals surface area contributed by atoms with Gasteiger partial charge in [0.05, 0.1) is 23.8 Å². The van der Waals surface area contributed by atoms with E-state index in [-0.39, 0.29) is 61.4 Å². The minimum atomic E-state index is -0.659. The van der Waals surface area contributed by atoms with Crippen molar-refractivity contribution < 1.29 is 72.5 Å². The molecule has 19 heteroatoms. The normalized spacial score (nSPS) is 10.8. The number of aliphatic hydroxyl groups is 1. The number of benzene rings is 9. The fourth-order valence-corrected chi connectivity index (χ4v) is 16.0. The largest absolute Gasteiger partial charge is 0.508 e. The van der Waals surface area contributed by atoms with Crippen LogP contribution in [-0.4, -0.2) is 104 Å². The number of methoxy groups -OCH3 is 1. The van der Waals surface area contributed by atoms with Crippen LogP contribution in [0.3, 0.4) is 0 Å². The number of carbonyl (C=O) groups excluding carboxylic acids is 1. The van der Waals surface area contributed by atoms with E-state index < -0.39 is 6.10 Å². The zero-order valence-electron chi connectivity index (χ0n) is 81.9. The van der Waals surface area contributed by atoms with Gasteiger partial charge in [-0.1, -0.05) is 48.4 Å². The average Bonchev–Trinajstić information content (AvgIpc) is 0.760. The van der Waals surface area contributed by atoms with Crippen molar-refractivity contribution in [2.24, 2.45) is 0 Å². The van der Waals surface area contributed by atoms with Gasteiger partial charge in [-0.2, -0.15) is 0 Å². The zero-order valence-corrected chi connectivity index (χ0v) is 84.8. The molecule has 0 fully saturated rings. The van der Waals surface area contributed by atoms with E-state index in [4.69, 9.17) is 59.4 Å². The SMILES string of the molecule is CC.CC.CC.CO.COc1ccc(-c2nc(-c3c(C)c(C)c(C)c(C)c3C)nc(-c3c(C)c(C)c(C)c(C)c3C)n2)c(O)c1.C[B]C(=O)C(C)Oc1ccc(-c2nc(-c3c(C)c(C)c(C)c(C)c3C)nc(-c3c(C)c(C)c(C)c(C)c3C)n2)c(O)c1.Cc1c(C)c(C)c(-c2nc(-c3ccc(O)cc3O)nc(-c3c(C)c(C)c(C)c(C)c3C)n2)c(C)c1C.[Y]. The summed E-state index contributed by atoms with van der Waals surface area (Å²) in [7, 11) is 4.05. The van der Waals surface area contributed by atoms with Crippen molar-refractivity contribution in [3.05, 3.63) is 222 Å². The molecule has 9 aromatic carbocycles. The summed E-state index contributed by atoms with van der Waals surface area (Å²) in [6.45, 7) is 79.4. The van der Waals surface area contributed by atoms with E-state index in [0.717, 1.165) is 107 Å². The van der Waals surface area contributed by atoms with E-state index >= 15 is 0 Å². The molecule has 0 spiro atoms. The molecule has 12 rings (SSSR count). The van der Waals surface area contributed by atoms with Crippen LogP contribution < -0.4 is 9.47 Å². The van der Waals surface area contributed by atoms with Crippen molar-refractivity contribution in [1.82, 2.24) is 44.9 Å². The number of rotatable bonds is 14. The second-order valence-electron chi connectivity index (χ2n) is 31.6. The molecule has 0 saturated heterocycles. The van der Waals surface area contributed by atoms with Gasteiger partial charge in [0.15, 0.2) is 52.4 Å². The Balaban J connectivity index is 0.000000317. The van der Waals surface area contributed by atoms with Crippen LogP contribution in [0.2, 0.25) is 6.82 Å². The fraction of sp³-hybridized carbons (Fsp3) is 0.390. The maximum absolute atomic E-state index is 12.0. The van der Waals surface area contributed by atoms with Crippen molar-refractivity contribution in [2.45, 2.75) is 269 Å². The summed E-state index contributed by atoms with van der Waals surface area (Å²) in [6, 6.07) is 14.7. The Bertz CT molecular complexity index is 5590. The Hall–Kier alpha value is -10.4. The number of ether oxygens (including phenoxy) is 2. The van der Waals surface area contributed by atoms with Crippen LogP contribution in [0.1, 0.15) is 215 Å². The average molecular weight is 1750 g/mol. The molecule has 0 aliphatic heterocycles. The summed E-state index contributed by atoms with van der Waals surface area (Å²) in [5.41, 5.74) is 43.4. The van der Waals surface area contributed by atoms with E-state index in [9.17, 15) is 25.2 Å². The van der Waals surface area contributed by atoms with E-state index in [2.05, 4.69) is 208 Å². The monoisotopic (exact) mass is 1750 g/mol. The third-order valence-corrected chi connectivity index (χ3v) is 26.1. The molecule has 5 N–H and O–H groups in total. The molecule has 3 heterocycles. The standard InChI is InChI=1S/C35H41BN3O3.C32H37N3O2.C31H35N3O2.3C2H6.CH4O.Y/c1-16-18(3)22(7)30(23(8)19(16)4)34-37-33(28-14-13-27(15-29(28)40)42-26(11)32(41)36-12)38-35(39-34)31-24(9)20(5)17(2)21(6)25(31)10;1-15-17(3)21(7)28(22(8)18(15)4)31-33-30(26-13-12-25(37-11)14-27(26)36)34-32(35-31)29-23(9)19(5)16(2)20(6)24(29)10;1-14-16(3)20(7)27(21(8)17(14)4)30-32-29(25-12-11-24(35)13-26(25)36)33-31(34-30)28-22(9)18(5)15(2)19(6)23(28)10;4*1-2;/h13-15,26,40H,1-12H3;12-14,36H,1-11H3;11-13,35-36H,1-10H3;3*1-2H3;2H,1H3;. The van der Waals surface area contributed by atoms with Gasteiger partial charge in [0, 0.05) is 91.4 Å². The molecule has 0 aliphatic carbocycles. The van der Waals surface area contributed by atoms with Gasteiger partial charge < -0.3 is 39.8 Å². The van der Waals surface area contributed by atoms with Crippen molar-refractivity contribution in [2.75, 3.05) is 14.2 Å². The fourth-order valence-electron chi connectivity index (χ4n) is 16.0. The third kappa shape index (κ3) is 20.7. The maximum Gasteiger partial charge on any atom is 0.204 e. The molecule has 0 bridgehead atoms. The molecule has 12 aromatic rings. The summed E-state index contributed by atoms with van der Waals surface area (Å²) in [4.78, 5) is 56.9. The minimum absolute atomic E-state index is 0. The summed E-state index contributed by atoms with van der Waals surface area (Å²) >= 11 is 0. The Morgan fingerprint density at radius 1 is 0.274 bits per heavy atom. The quantitative estimate of drug-likeness (QED) is 0.0635. The molecule has 0 aliphatic rings. The predicted octanol–water partition coefficient (Wildman–Crippen LogP) is 25.4. The molecule has 0 amide bonds. The number of hydrogen-bond donors (Lipinski definition) is 5. The molecule has 1 unspecified atom stereocenters. The van der Waals surface area contributed by atoms with Gasteiger partial charge in [-0.3, -0.25) is 0 Å². The Morgan fingerprint density at radius 2 is 0.444 bits per heavy atom. The summed E-state index contributed by atoms with van der Waals surface area (Å²) in [5.74, 6) is 5.62. The van der Waals surface area contributed by atoms with Crippen LogP contribution in [0, 0.1) is 208 Å². The molecule has 17 nitrogen and oxygen atoms in total. The molecule has 2 radical (unpaired) electrons. The summed E-state index contributed by atoms with van der Waals surface area (Å²) < 4.78 is 11.1. The number of hydrogen-bond acceptors (Lipinski definition) is 17. The van der Waals surface area contributed by atoms with Gasteiger partial charge in [-0.05, 0) is 418 Å². The second-order valence-corrected chi connectivity index (χ2v) is 31.6. The van der Waals surface area contributed by atoms with Gasteiger partial charge in [-0.15, -0.1) is 0 Å². The van der Waals surface area contributed by atoms with Crippen LogP contribution >= 0.6 is 0 Å². The Morgan fingerprint density at radius 3 is 0.629 bits per heavy atom. The minimum Gasteiger partial charge on any atom is -0.508 e. The molecule has 1 atom stereocenters. The number of nitrogens with zero attached hydrogens (tertiary/aromatic N) is 9. The number of phenols is 4. The molecular weight excluding hydrogens is 1610 g/mol. The maximum atomic E-state index is 12.0. The van der Waals surface area contributed by atoms with Crippen molar-refractivity contribution >= 4 is 13.0 Å². The molecule has 0 saturated carbocycles. The van der Waals surface area contributed by atoms with Crippen molar-refractivity contribution in [3.63, 3.8) is 0 Å². The number of aromatic hydroxyl groups is 4. The molecule has 3 aromatic heterocycles. The van der Waals surface area contributed by atoms with Gasteiger partial charge in [0.2, 0.25) is 7.28 Å². The van der Waals surface area contributed by atoms with Crippen LogP contribution in [0.25, 0.3) is 102 Å². The van der Waals surface area contributed by atoms with Gasteiger partial charge in [-0.25, -0.2) is 44.9 Å². The van der Waals surface area contributed by atoms with Crippen molar-refractivity contribution in [3.8, 4) is 137 Å². The zero-order chi connectivity index (χ0) is 93.2. The first-order valence-electron chi connectivity index (χ1n) is 42.8. The molecule has 124 heavy (non-hydrogen) atoms. The smallest absolute Gasteiger partial charge is 0.204 e. The number of aliphatic hydroxyl groups excluding tert-OH is 1. The van der Waals surface area contributed by atoms with E-state index in [0.29, 0.717) is 80.6 Å². The van der Waals surface area contributed by atoms with Gasteiger partial charge in [0.25, 0.3) is 0 Å². The Labute approximate surface area is 766 Å². The summed E-state index contributed by atoms with van der Waals surface area (Å²) in [5, 5.41) is 49.6. The predicted molar refractivity (Wildman–Crippen MR) is 513 cm³/mol. The summed E-state index contributed by atoms with van der Waals surface area (Å²) in [6.07, 6.45) is -0.659. The van der Waals surface area contributed by atoms with Crippen LogP contribution in [0.5, 0.6) is 34.5 Å². The third-order valence-electron chi connectivity index (χ3n) is 26.1. The van der Waals surface area contributed by atoms with Crippen LogP contribution in [0.4, 0.5) is 0 Å². The Kier molecular flexibility index (Phi) is 36.9. The van der Waals surface area contributed by atoms with E-state index in [1.165, 1.54) is 126 Å². The van der Waals surface area contributed by atoms with E-state index in [1.807, 2.05) is 47.6 Å². The van der Waals surface area contributed by atoms with Gasteiger partial charge in [0.1, 0.15) is 46.3 Å². The van der Waals surface area contributed by atoms with Crippen LogP contribution in [0.15, 0.2) is 54.6 Å². The number of carbonyl (C=O) groups is 1. The van der Waals surface area contributed by atoms with E-state index in [1.54, 1.807) is 51.2 Å². The first-order chi connectivity index (χ1) is 57.9. The second kappa shape index (κ2) is 44.0. The van der Waals surface area contributed by atoms with Crippen LogP contribution in [-0.2, 0) is 37.5 Å².